The van der Waals surface area contributed by atoms with Gasteiger partial charge in [-0.15, -0.1) is 0 Å². The number of Topliss-reactive ketones (excluding diaryl/α,β-unsaturated/α-hetero) is 1. The molecule has 1 saturated carbocycles. The summed E-state index contributed by atoms with van der Waals surface area (Å²) in [6, 6.07) is 0. The van der Waals surface area contributed by atoms with Crippen LogP contribution in [0.15, 0.2) is 0 Å². The Bertz CT molecular complexity index is 517. The largest absolute Gasteiger partial charge is 0.432 e. The van der Waals surface area contributed by atoms with Gasteiger partial charge >= 0.3 is 5.97 Å². The molecule has 5 aliphatic rings. The molecule has 116 valence electrons. The van der Waals surface area contributed by atoms with Gasteiger partial charge in [-0.25, -0.2) is 0 Å². The summed E-state index contributed by atoms with van der Waals surface area (Å²) in [5.74, 6) is -0.441. The molecule has 5 rings (SSSR count). The Hall–Kier alpha value is -0.940. The molecule has 21 heavy (non-hydrogen) atoms. The zero-order valence-corrected chi connectivity index (χ0v) is 12.8. The van der Waals surface area contributed by atoms with Crippen LogP contribution in [0.25, 0.3) is 0 Å². The van der Waals surface area contributed by atoms with E-state index in [2.05, 4.69) is 0 Å². The molecule has 4 heterocycles. The number of hydrogen-bond acceptors (Lipinski definition) is 5. The third kappa shape index (κ3) is 1.59. The number of carbonyl (C=O) groups excluding carboxylic acids is 2. The minimum Gasteiger partial charge on any atom is -0.432 e. The van der Waals surface area contributed by atoms with Gasteiger partial charge in [-0.1, -0.05) is 13.8 Å². The highest BCUT2D eigenvalue weighted by molar-refractivity contribution is 5.84. The van der Waals surface area contributed by atoms with Crippen LogP contribution >= 0.6 is 0 Å². The summed E-state index contributed by atoms with van der Waals surface area (Å²) in [6.07, 6.45) is 1.46. The van der Waals surface area contributed by atoms with E-state index in [-0.39, 0.29) is 35.4 Å². The van der Waals surface area contributed by atoms with Gasteiger partial charge in [0, 0.05) is 24.2 Å². The maximum atomic E-state index is 12.4. The molecule has 5 nitrogen and oxygen atoms in total. The molecule has 5 fully saturated rings. The van der Waals surface area contributed by atoms with Crippen molar-refractivity contribution in [2.45, 2.75) is 57.5 Å². The second-order valence-electron chi connectivity index (χ2n) is 7.48. The highest BCUT2D eigenvalue weighted by Gasteiger charge is 2.69. The lowest BCUT2D eigenvalue weighted by Crippen LogP contribution is -2.71. The van der Waals surface area contributed by atoms with Gasteiger partial charge in [0.1, 0.15) is 11.4 Å². The topological polar surface area (TPSA) is 61.8 Å². The molecule has 4 aliphatic heterocycles. The second kappa shape index (κ2) is 4.07. The summed E-state index contributed by atoms with van der Waals surface area (Å²) in [5.41, 5.74) is -1.04. The predicted octanol–water partition coefficient (Wildman–Crippen LogP) is 1.68. The van der Waals surface area contributed by atoms with Crippen LogP contribution in [-0.4, -0.2) is 35.9 Å². The van der Waals surface area contributed by atoms with Crippen LogP contribution in [0.2, 0.25) is 0 Å². The maximum Gasteiger partial charge on any atom is 0.311 e. The van der Waals surface area contributed by atoms with E-state index in [0.29, 0.717) is 13.0 Å². The number of fused-ring (bicyclic) bond motifs is 2. The summed E-state index contributed by atoms with van der Waals surface area (Å²) in [6.45, 7) is 6.35. The Kier molecular flexibility index (Phi) is 2.66. The monoisotopic (exact) mass is 294 g/mol. The number of esters is 1. The van der Waals surface area contributed by atoms with Crippen LogP contribution in [0.4, 0.5) is 0 Å². The zero-order valence-electron chi connectivity index (χ0n) is 12.8. The first-order chi connectivity index (χ1) is 9.87. The molecular weight excluding hydrogens is 272 g/mol. The molecule has 5 heteroatoms. The van der Waals surface area contributed by atoms with Crippen molar-refractivity contribution in [3.8, 4) is 0 Å². The van der Waals surface area contributed by atoms with E-state index in [1.54, 1.807) is 0 Å². The van der Waals surface area contributed by atoms with Crippen molar-refractivity contribution in [2.75, 3.05) is 6.61 Å². The van der Waals surface area contributed by atoms with E-state index in [0.717, 1.165) is 12.8 Å². The SMILES string of the molecule is C[C@@H]1C(=O)C[C@H]2[C@@H](C)C(=O)O[C@@H]3O[C@@]4(C)CC[C@@H]1[C@]32OC4. The first-order valence-electron chi connectivity index (χ1n) is 7.92. The smallest absolute Gasteiger partial charge is 0.311 e. The molecular formula is C16H22O5. The van der Waals surface area contributed by atoms with Gasteiger partial charge in [-0.3, -0.25) is 9.59 Å². The van der Waals surface area contributed by atoms with Crippen molar-refractivity contribution in [3.05, 3.63) is 0 Å². The number of ketones is 1. The van der Waals surface area contributed by atoms with E-state index >= 15 is 0 Å². The third-order valence-electron chi connectivity index (χ3n) is 6.26. The van der Waals surface area contributed by atoms with Crippen LogP contribution in [0.3, 0.4) is 0 Å². The van der Waals surface area contributed by atoms with Crippen LogP contribution < -0.4 is 0 Å². The van der Waals surface area contributed by atoms with Gasteiger partial charge in [0.2, 0.25) is 6.29 Å². The Morgan fingerprint density at radius 2 is 1.90 bits per heavy atom. The first-order valence-corrected chi connectivity index (χ1v) is 7.92. The zero-order chi connectivity index (χ0) is 15.0. The predicted molar refractivity (Wildman–Crippen MR) is 72.2 cm³/mol. The lowest BCUT2D eigenvalue weighted by atomic mass is 9.58. The highest BCUT2D eigenvalue weighted by Crippen LogP contribution is 2.58. The van der Waals surface area contributed by atoms with Crippen molar-refractivity contribution in [1.29, 1.82) is 0 Å². The number of carbonyl (C=O) groups is 2. The highest BCUT2D eigenvalue weighted by atomic mass is 16.7. The number of rotatable bonds is 0. The van der Waals surface area contributed by atoms with Crippen molar-refractivity contribution in [2.24, 2.45) is 23.7 Å². The minimum atomic E-state index is -0.659. The normalized spacial score (nSPS) is 55.7. The molecule has 4 saturated heterocycles. The second-order valence-corrected chi connectivity index (χ2v) is 7.48. The lowest BCUT2D eigenvalue weighted by molar-refractivity contribution is -0.370. The molecule has 0 aromatic carbocycles. The fourth-order valence-corrected chi connectivity index (χ4v) is 4.87. The van der Waals surface area contributed by atoms with Crippen LogP contribution in [0.5, 0.6) is 0 Å². The molecule has 1 spiro atoms. The average Bonchev–Trinajstić information content (AvgIpc) is 2.66. The summed E-state index contributed by atoms with van der Waals surface area (Å²) >= 11 is 0. The Morgan fingerprint density at radius 3 is 2.67 bits per heavy atom. The lowest BCUT2D eigenvalue weighted by Gasteiger charge is -2.58. The summed E-state index contributed by atoms with van der Waals surface area (Å²) in [7, 11) is 0. The Morgan fingerprint density at radius 1 is 1.14 bits per heavy atom. The summed E-state index contributed by atoms with van der Waals surface area (Å²) < 4.78 is 18.1. The standard InChI is InChI=1S/C16H22O5/c1-8-10-4-5-15(3)7-19-16(10)11(6-12(8)17)9(2)13(18)20-14(16)21-15/h8-11,14H,4-7H2,1-3H3/t8-,9+,10-,11-,14+,15-,16+/m0/s1. The summed E-state index contributed by atoms with van der Waals surface area (Å²) in [4.78, 5) is 24.6. The molecule has 0 radical (unpaired) electrons. The van der Waals surface area contributed by atoms with E-state index in [1.165, 1.54) is 0 Å². The molecule has 2 bridgehead atoms. The molecule has 0 unspecified atom stereocenters. The van der Waals surface area contributed by atoms with E-state index < -0.39 is 17.5 Å². The van der Waals surface area contributed by atoms with Crippen LogP contribution in [-0.2, 0) is 23.8 Å². The van der Waals surface area contributed by atoms with Gasteiger partial charge in [0.15, 0.2) is 0 Å². The van der Waals surface area contributed by atoms with Gasteiger partial charge < -0.3 is 14.2 Å². The number of ether oxygens (including phenoxy) is 3. The van der Waals surface area contributed by atoms with Crippen molar-refractivity contribution in [3.63, 3.8) is 0 Å². The molecule has 0 aromatic rings. The van der Waals surface area contributed by atoms with E-state index in [9.17, 15) is 9.59 Å². The Labute approximate surface area is 124 Å². The van der Waals surface area contributed by atoms with Gasteiger partial charge in [-0.2, -0.15) is 0 Å². The van der Waals surface area contributed by atoms with E-state index in [4.69, 9.17) is 14.2 Å². The number of hydrogen-bond donors (Lipinski definition) is 0. The van der Waals surface area contributed by atoms with E-state index in [1.807, 2.05) is 20.8 Å². The molecule has 0 aromatic heterocycles. The van der Waals surface area contributed by atoms with Gasteiger partial charge in [-0.05, 0) is 19.8 Å². The first kappa shape index (κ1) is 13.7. The van der Waals surface area contributed by atoms with Crippen LogP contribution in [0.1, 0.15) is 40.0 Å². The molecule has 0 N–H and O–H groups in total. The van der Waals surface area contributed by atoms with Crippen molar-refractivity contribution in [1.82, 2.24) is 0 Å². The molecule has 7 atom stereocenters. The van der Waals surface area contributed by atoms with Gasteiger partial charge in [0.25, 0.3) is 0 Å². The summed E-state index contributed by atoms with van der Waals surface area (Å²) in [5, 5.41) is 0. The molecule has 0 amide bonds. The third-order valence-corrected chi connectivity index (χ3v) is 6.26. The fourth-order valence-electron chi connectivity index (χ4n) is 4.87. The quantitative estimate of drug-likeness (QED) is 0.636. The van der Waals surface area contributed by atoms with Crippen molar-refractivity contribution < 1.29 is 23.8 Å². The van der Waals surface area contributed by atoms with Crippen molar-refractivity contribution >= 4 is 11.8 Å². The fraction of sp³-hybridized carbons (Fsp3) is 0.875. The Balaban J connectivity index is 1.87. The minimum absolute atomic E-state index is 0.0585. The molecule has 1 aliphatic carbocycles. The van der Waals surface area contributed by atoms with Crippen LogP contribution in [0, 0.1) is 23.7 Å². The average molecular weight is 294 g/mol. The maximum absolute atomic E-state index is 12.4. The van der Waals surface area contributed by atoms with Gasteiger partial charge in [0.05, 0.1) is 18.1 Å².